The summed E-state index contributed by atoms with van der Waals surface area (Å²) in [6.07, 6.45) is 3.36. The van der Waals surface area contributed by atoms with E-state index in [0.29, 0.717) is 6.54 Å². The third kappa shape index (κ3) is 4.84. The van der Waals surface area contributed by atoms with Crippen LogP contribution in [0.3, 0.4) is 0 Å². The standard InChI is InChI=1S/C13H21N5O/c1-2-3-14-12-10-13(17-11-16-12)15-4-5-18-6-8-19-9-7-18/h2,10-11H,1,3-9H2,(H2,14,15,16,17). The molecule has 104 valence electrons. The van der Waals surface area contributed by atoms with E-state index in [9.17, 15) is 0 Å². The van der Waals surface area contributed by atoms with Gasteiger partial charge in [-0.1, -0.05) is 6.08 Å². The first-order chi connectivity index (χ1) is 9.38. The molecule has 0 atom stereocenters. The number of anilines is 2. The SMILES string of the molecule is C=CCNc1cc(NCCN2CCOCC2)ncn1. The first-order valence-electron chi connectivity index (χ1n) is 6.59. The number of rotatable bonds is 7. The quantitative estimate of drug-likeness (QED) is 0.710. The van der Waals surface area contributed by atoms with Gasteiger partial charge in [-0.25, -0.2) is 9.97 Å². The maximum absolute atomic E-state index is 5.32. The summed E-state index contributed by atoms with van der Waals surface area (Å²) in [6, 6.07) is 1.91. The van der Waals surface area contributed by atoms with Crippen molar-refractivity contribution < 1.29 is 4.74 Å². The lowest BCUT2D eigenvalue weighted by Crippen LogP contribution is -2.39. The lowest BCUT2D eigenvalue weighted by molar-refractivity contribution is 0.0398. The molecular formula is C13H21N5O. The second-order valence-electron chi connectivity index (χ2n) is 4.34. The number of nitrogens with zero attached hydrogens (tertiary/aromatic N) is 3. The number of nitrogens with one attached hydrogen (secondary N) is 2. The molecule has 19 heavy (non-hydrogen) atoms. The van der Waals surface area contributed by atoms with Gasteiger partial charge in [-0.05, 0) is 0 Å². The van der Waals surface area contributed by atoms with Gasteiger partial charge >= 0.3 is 0 Å². The van der Waals surface area contributed by atoms with Crippen LogP contribution in [0.4, 0.5) is 11.6 Å². The normalized spacial score (nSPS) is 16.0. The van der Waals surface area contributed by atoms with E-state index in [4.69, 9.17) is 4.74 Å². The first kappa shape index (κ1) is 13.8. The molecule has 0 aliphatic carbocycles. The molecule has 0 spiro atoms. The fourth-order valence-electron chi connectivity index (χ4n) is 1.89. The van der Waals surface area contributed by atoms with E-state index in [-0.39, 0.29) is 0 Å². The van der Waals surface area contributed by atoms with Gasteiger partial charge in [0.15, 0.2) is 0 Å². The van der Waals surface area contributed by atoms with Gasteiger partial charge in [0.2, 0.25) is 0 Å². The molecule has 6 nitrogen and oxygen atoms in total. The lowest BCUT2D eigenvalue weighted by atomic mass is 10.4. The van der Waals surface area contributed by atoms with Gasteiger partial charge in [0.25, 0.3) is 0 Å². The summed E-state index contributed by atoms with van der Waals surface area (Å²) in [5.41, 5.74) is 0. The van der Waals surface area contributed by atoms with Crippen molar-refractivity contribution in [2.75, 3.05) is 56.6 Å². The summed E-state index contributed by atoms with van der Waals surface area (Å²) >= 11 is 0. The van der Waals surface area contributed by atoms with Crippen LogP contribution >= 0.6 is 0 Å². The zero-order valence-electron chi connectivity index (χ0n) is 11.1. The third-order valence-electron chi connectivity index (χ3n) is 2.93. The summed E-state index contributed by atoms with van der Waals surface area (Å²) in [6.45, 7) is 9.93. The minimum absolute atomic E-state index is 0.699. The Labute approximate surface area is 113 Å². The van der Waals surface area contributed by atoms with Gasteiger partial charge in [0, 0.05) is 38.8 Å². The lowest BCUT2D eigenvalue weighted by Gasteiger charge is -2.26. The Balaban J connectivity index is 1.73. The van der Waals surface area contributed by atoms with Crippen LogP contribution in [-0.4, -0.2) is 60.8 Å². The maximum atomic E-state index is 5.32. The summed E-state index contributed by atoms with van der Waals surface area (Å²) in [5, 5.41) is 6.45. The Morgan fingerprint density at radius 1 is 1.26 bits per heavy atom. The molecule has 1 aliphatic heterocycles. The Morgan fingerprint density at radius 2 is 2.00 bits per heavy atom. The van der Waals surface area contributed by atoms with Crippen LogP contribution < -0.4 is 10.6 Å². The molecule has 0 bridgehead atoms. The minimum atomic E-state index is 0.699. The van der Waals surface area contributed by atoms with E-state index in [1.165, 1.54) is 0 Å². The van der Waals surface area contributed by atoms with Gasteiger partial charge in [0.05, 0.1) is 13.2 Å². The molecule has 2 rings (SSSR count). The number of ether oxygens (including phenoxy) is 1. The highest BCUT2D eigenvalue weighted by atomic mass is 16.5. The van der Waals surface area contributed by atoms with Crippen LogP contribution in [0.5, 0.6) is 0 Å². The van der Waals surface area contributed by atoms with E-state index in [1.54, 1.807) is 12.4 Å². The molecule has 0 radical (unpaired) electrons. The van der Waals surface area contributed by atoms with E-state index in [1.807, 2.05) is 6.07 Å². The molecule has 2 heterocycles. The van der Waals surface area contributed by atoms with Gasteiger partial charge < -0.3 is 15.4 Å². The molecule has 0 amide bonds. The first-order valence-corrected chi connectivity index (χ1v) is 6.59. The van der Waals surface area contributed by atoms with Crippen molar-refractivity contribution in [3.63, 3.8) is 0 Å². The van der Waals surface area contributed by atoms with E-state index in [2.05, 4.69) is 32.1 Å². The monoisotopic (exact) mass is 263 g/mol. The highest BCUT2D eigenvalue weighted by Crippen LogP contribution is 2.08. The summed E-state index contributed by atoms with van der Waals surface area (Å²) < 4.78 is 5.32. The number of aromatic nitrogens is 2. The summed E-state index contributed by atoms with van der Waals surface area (Å²) in [7, 11) is 0. The summed E-state index contributed by atoms with van der Waals surface area (Å²) in [4.78, 5) is 10.7. The Kier molecular flexibility index (Phi) is 5.58. The smallest absolute Gasteiger partial charge is 0.131 e. The Hall–Kier alpha value is -1.66. The molecule has 6 heteroatoms. The van der Waals surface area contributed by atoms with E-state index in [0.717, 1.165) is 51.0 Å². The fourth-order valence-corrected chi connectivity index (χ4v) is 1.89. The number of hydrogen-bond acceptors (Lipinski definition) is 6. The van der Waals surface area contributed by atoms with Gasteiger partial charge in [-0.15, -0.1) is 6.58 Å². The van der Waals surface area contributed by atoms with Gasteiger partial charge in [-0.2, -0.15) is 0 Å². The maximum Gasteiger partial charge on any atom is 0.131 e. The van der Waals surface area contributed by atoms with Crippen molar-refractivity contribution in [1.82, 2.24) is 14.9 Å². The zero-order chi connectivity index (χ0) is 13.3. The molecule has 1 fully saturated rings. The van der Waals surface area contributed by atoms with Crippen LogP contribution in [0.2, 0.25) is 0 Å². The Morgan fingerprint density at radius 3 is 2.74 bits per heavy atom. The highest BCUT2D eigenvalue weighted by Gasteiger charge is 2.09. The van der Waals surface area contributed by atoms with Gasteiger partial charge in [0.1, 0.15) is 18.0 Å². The average Bonchev–Trinajstić information content (AvgIpc) is 2.47. The predicted octanol–water partition coefficient (Wildman–Crippen LogP) is 0.819. The second kappa shape index (κ2) is 7.70. The van der Waals surface area contributed by atoms with Crippen molar-refractivity contribution in [3.05, 3.63) is 25.0 Å². The molecule has 1 saturated heterocycles. The van der Waals surface area contributed by atoms with Crippen LogP contribution in [-0.2, 0) is 4.74 Å². The van der Waals surface area contributed by atoms with Crippen molar-refractivity contribution in [3.8, 4) is 0 Å². The molecule has 2 N–H and O–H groups in total. The van der Waals surface area contributed by atoms with Gasteiger partial charge in [-0.3, -0.25) is 4.90 Å². The van der Waals surface area contributed by atoms with Crippen LogP contribution in [0, 0.1) is 0 Å². The van der Waals surface area contributed by atoms with Crippen molar-refractivity contribution in [2.45, 2.75) is 0 Å². The molecular weight excluding hydrogens is 242 g/mol. The van der Waals surface area contributed by atoms with Crippen molar-refractivity contribution in [2.24, 2.45) is 0 Å². The van der Waals surface area contributed by atoms with Crippen molar-refractivity contribution >= 4 is 11.6 Å². The number of morpholine rings is 1. The predicted molar refractivity (Wildman–Crippen MR) is 76.5 cm³/mol. The summed E-state index contributed by atoms with van der Waals surface area (Å²) in [5.74, 6) is 1.65. The third-order valence-corrected chi connectivity index (χ3v) is 2.93. The van der Waals surface area contributed by atoms with E-state index >= 15 is 0 Å². The zero-order valence-corrected chi connectivity index (χ0v) is 11.1. The van der Waals surface area contributed by atoms with Crippen LogP contribution in [0.25, 0.3) is 0 Å². The minimum Gasteiger partial charge on any atom is -0.379 e. The Bertz CT molecular complexity index is 392. The molecule has 1 aromatic rings. The topological polar surface area (TPSA) is 62.3 Å². The van der Waals surface area contributed by atoms with E-state index < -0.39 is 0 Å². The molecule has 1 aromatic heterocycles. The average molecular weight is 263 g/mol. The molecule has 0 aromatic carbocycles. The number of hydrogen-bond donors (Lipinski definition) is 2. The second-order valence-corrected chi connectivity index (χ2v) is 4.34. The largest absolute Gasteiger partial charge is 0.379 e. The molecule has 0 saturated carbocycles. The fraction of sp³-hybridized carbons (Fsp3) is 0.538. The van der Waals surface area contributed by atoms with Crippen LogP contribution in [0.1, 0.15) is 0 Å². The van der Waals surface area contributed by atoms with Crippen molar-refractivity contribution in [1.29, 1.82) is 0 Å². The highest BCUT2D eigenvalue weighted by molar-refractivity contribution is 5.46. The molecule has 1 aliphatic rings. The molecule has 0 unspecified atom stereocenters. The van der Waals surface area contributed by atoms with Crippen LogP contribution in [0.15, 0.2) is 25.0 Å².